The molecule has 2 rings (SSSR count). The molecule has 2 atom stereocenters. The Bertz CT molecular complexity index is 687. The number of aliphatic carboxylic acids is 1. The second-order valence-corrected chi connectivity index (χ2v) is 7.23. The summed E-state index contributed by atoms with van der Waals surface area (Å²) < 4.78 is 4.84. The molecule has 11 heteroatoms. The summed E-state index contributed by atoms with van der Waals surface area (Å²) in [4.78, 5) is 47.6. The maximum absolute atomic E-state index is 12.3. The molecule has 2 aliphatic rings. The molecule has 0 aromatic rings. The van der Waals surface area contributed by atoms with Crippen molar-refractivity contribution in [2.75, 3.05) is 23.9 Å². The number of carbonyl (C=O) groups excluding carboxylic acids is 3. The van der Waals surface area contributed by atoms with E-state index in [-0.39, 0.29) is 35.5 Å². The average molecular weight is 385 g/mol. The molecule has 2 N–H and O–H groups in total. The van der Waals surface area contributed by atoms with Crippen molar-refractivity contribution in [3.8, 4) is 6.07 Å². The summed E-state index contributed by atoms with van der Waals surface area (Å²) in [6.07, 6.45) is 0. The number of amides is 2. The van der Waals surface area contributed by atoms with Crippen LogP contribution in [-0.4, -0.2) is 69.0 Å². The molecule has 0 spiro atoms. The number of hydrogen-bond acceptors (Lipinski definition) is 8. The molecule has 2 heterocycles. The minimum atomic E-state index is -1.28. The number of nitriles is 1. The van der Waals surface area contributed by atoms with E-state index in [1.165, 1.54) is 18.7 Å². The van der Waals surface area contributed by atoms with Gasteiger partial charge in [0.25, 0.3) is 5.91 Å². The number of ether oxygens (including phenoxy) is 1. The fourth-order valence-corrected chi connectivity index (χ4v) is 4.18. The van der Waals surface area contributed by atoms with E-state index in [9.17, 15) is 24.3 Å². The van der Waals surface area contributed by atoms with Gasteiger partial charge in [0.2, 0.25) is 5.91 Å². The Morgan fingerprint density at radius 2 is 2.24 bits per heavy atom. The Labute approximate surface area is 151 Å². The fourth-order valence-electron chi connectivity index (χ4n) is 2.39. The van der Waals surface area contributed by atoms with Crippen LogP contribution in [0.15, 0.2) is 11.3 Å². The van der Waals surface area contributed by atoms with Gasteiger partial charge in [0.05, 0.1) is 17.6 Å². The molecule has 0 aliphatic carbocycles. The molecule has 0 bridgehead atoms. The summed E-state index contributed by atoms with van der Waals surface area (Å²) >= 11 is 2.42. The van der Waals surface area contributed by atoms with Crippen LogP contribution in [0, 0.1) is 11.3 Å². The molecule has 0 radical (unpaired) electrons. The molecule has 0 aromatic carbocycles. The third kappa shape index (κ3) is 4.26. The first-order chi connectivity index (χ1) is 11.9. The summed E-state index contributed by atoms with van der Waals surface area (Å²) in [5, 5.41) is 19.9. The van der Waals surface area contributed by atoms with Gasteiger partial charge >= 0.3 is 11.9 Å². The van der Waals surface area contributed by atoms with Crippen molar-refractivity contribution < 1.29 is 29.0 Å². The van der Waals surface area contributed by atoms with Gasteiger partial charge in [-0.1, -0.05) is 0 Å². The number of hydrogen-bond donors (Lipinski definition) is 2. The first-order valence-corrected chi connectivity index (χ1v) is 9.34. The van der Waals surface area contributed by atoms with E-state index in [0.717, 1.165) is 16.7 Å². The molecular formula is C14H15N3O6S2. The normalized spacial score (nSPS) is 21.8. The number of carboxylic acid groups (broad SMARTS) is 1. The maximum Gasteiger partial charge on any atom is 0.352 e. The van der Waals surface area contributed by atoms with Crippen LogP contribution < -0.4 is 5.32 Å². The van der Waals surface area contributed by atoms with Gasteiger partial charge in [-0.25, -0.2) is 4.79 Å². The predicted molar refractivity (Wildman–Crippen MR) is 89.3 cm³/mol. The van der Waals surface area contributed by atoms with Gasteiger partial charge in [-0.3, -0.25) is 19.3 Å². The Morgan fingerprint density at radius 1 is 1.52 bits per heavy atom. The lowest BCUT2D eigenvalue weighted by Crippen LogP contribution is -2.70. The summed E-state index contributed by atoms with van der Waals surface area (Å²) in [5.74, 6) is -2.23. The zero-order valence-corrected chi connectivity index (χ0v) is 14.8. The minimum absolute atomic E-state index is 0.0497. The van der Waals surface area contributed by atoms with E-state index in [1.807, 2.05) is 6.07 Å². The molecule has 0 aromatic heterocycles. The molecule has 25 heavy (non-hydrogen) atoms. The van der Waals surface area contributed by atoms with Crippen molar-refractivity contribution >= 4 is 47.3 Å². The molecule has 9 nitrogen and oxygen atoms in total. The van der Waals surface area contributed by atoms with Crippen LogP contribution >= 0.6 is 23.5 Å². The largest absolute Gasteiger partial charge is 0.477 e. The van der Waals surface area contributed by atoms with Crippen molar-refractivity contribution in [2.45, 2.75) is 18.3 Å². The first kappa shape index (κ1) is 19.1. The third-order valence-electron chi connectivity index (χ3n) is 3.42. The average Bonchev–Trinajstić information content (AvgIpc) is 2.56. The van der Waals surface area contributed by atoms with E-state index >= 15 is 0 Å². The monoisotopic (exact) mass is 385 g/mol. The fraction of sp³-hybridized carbons (Fsp3) is 0.500. The highest BCUT2D eigenvalue weighted by molar-refractivity contribution is 8.00. The van der Waals surface area contributed by atoms with E-state index < -0.39 is 29.3 Å². The summed E-state index contributed by atoms with van der Waals surface area (Å²) in [5.41, 5.74) is 0.144. The predicted octanol–water partition coefficient (Wildman–Crippen LogP) is -0.455. The number of nitrogens with one attached hydrogen (secondary N) is 1. The molecule has 1 fully saturated rings. The van der Waals surface area contributed by atoms with E-state index in [4.69, 9.17) is 10.00 Å². The van der Waals surface area contributed by atoms with Gasteiger partial charge in [-0.05, 0) is 0 Å². The SMILES string of the molecule is CC(=O)OCC1=C(C(=O)O)N2C(=O)[C@@H](NC(=O)CSCC#N)[C@H]2SC1. The van der Waals surface area contributed by atoms with Gasteiger partial charge < -0.3 is 15.2 Å². The number of thioether (sulfide) groups is 2. The number of esters is 1. The quantitative estimate of drug-likeness (QED) is 0.339. The second-order valence-electron chi connectivity index (χ2n) is 5.14. The Morgan fingerprint density at radius 3 is 2.84 bits per heavy atom. The summed E-state index contributed by atoms with van der Waals surface area (Å²) in [6, 6.07) is 1.10. The van der Waals surface area contributed by atoms with Gasteiger partial charge in [-0.2, -0.15) is 5.26 Å². The number of carbonyl (C=O) groups is 4. The molecular weight excluding hydrogens is 370 g/mol. The van der Waals surface area contributed by atoms with Crippen LogP contribution in [-0.2, 0) is 23.9 Å². The molecule has 134 valence electrons. The van der Waals surface area contributed by atoms with Gasteiger partial charge in [0.15, 0.2) is 0 Å². The highest BCUT2D eigenvalue weighted by Gasteiger charge is 2.54. The standard InChI is InChI=1S/C14H15N3O6S2/c1-7(18)23-4-8-5-25-13-10(16-9(19)6-24-3-2-15)12(20)17(13)11(8)14(21)22/h10,13H,3-6H2,1H3,(H,16,19)(H,21,22)/t10-,13-/m1/s1. The maximum atomic E-state index is 12.3. The van der Waals surface area contributed by atoms with Crippen molar-refractivity contribution in [3.05, 3.63) is 11.3 Å². The second kappa shape index (κ2) is 8.26. The zero-order chi connectivity index (χ0) is 18.6. The van der Waals surface area contributed by atoms with Crippen molar-refractivity contribution in [1.29, 1.82) is 5.26 Å². The smallest absolute Gasteiger partial charge is 0.352 e. The number of rotatable bonds is 7. The van der Waals surface area contributed by atoms with Crippen LogP contribution in [0.5, 0.6) is 0 Å². The Hall–Kier alpha value is -2.19. The van der Waals surface area contributed by atoms with Crippen LogP contribution in [0.25, 0.3) is 0 Å². The van der Waals surface area contributed by atoms with E-state index in [0.29, 0.717) is 5.57 Å². The Balaban J connectivity index is 2.05. The number of carboxylic acids is 1. The molecule has 0 unspecified atom stereocenters. The van der Waals surface area contributed by atoms with Gasteiger partial charge in [0, 0.05) is 18.2 Å². The number of nitrogens with zero attached hydrogens (tertiary/aromatic N) is 2. The topological polar surface area (TPSA) is 137 Å². The summed E-state index contributed by atoms with van der Waals surface area (Å²) in [6.45, 7) is 1.02. The molecule has 2 amide bonds. The molecule has 2 aliphatic heterocycles. The van der Waals surface area contributed by atoms with Gasteiger partial charge in [-0.15, -0.1) is 23.5 Å². The van der Waals surface area contributed by atoms with E-state index in [2.05, 4.69) is 5.32 Å². The lowest BCUT2D eigenvalue weighted by Gasteiger charge is -2.49. The third-order valence-corrected chi connectivity index (χ3v) is 5.55. The zero-order valence-electron chi connectivity index (χ0n) is 13.2. The lowest BCUT2D eigenvalue weighted by molar-refractivity contribution is -0.150. The Kier molecular flexibility index (Phi) is 6.33. The van der Waals surface area contributed by atoms with Crippen LogP contribution in [0.4, 0.5) is 0 Å². The first-order valence-electron chi connectivity index (χ1n) is 7.14. The number of β-lactam (4-membered cyclic amide) rings is 1. The van der Waals surface area contributed by atoms with Crippen LogP contribution in [0.2, 0.25) is 0 Å². The van der Waals surface area contributed by atoms with Crippen LogP contribution in [0.1, 0.15) is 6.92 Å². The minimum Gasteiger partial charge on any atom is -0.477 e. The van der Waals surface area contributed by atoms with Gasteiger partial charge in [0.1, 0.15) is 23.7 Å². The van der Waals surface area contributed by atoms with E-state index in [1.54, 1.807) is 0 Å². The lowest BCUT2D eigenvalue weighted by atomic mass is 10.0. The molecule has 1 saturated heterocycles. The van der Waals surface area contributed by atoms with Crippen LogP contribution in [0.3, 0.4) is 0 Å². The van der Waals surface area contributed by atoms with Crippen molar-refractivity contribution in [2.24, 2.45) is 0 Å². The van der Waals surface area contributed by atoms with Crippen molar-refractivity contribution in [1.82, 2.24) is 10.2 Å². The highest BCUT2D eigenvalue weighted by Crippen LogP contribution is 2.40. The number of fused-ring (bicyclic) bond motifs is 1. The molecule has 0 saturated carbocycles. The summed E-state index contributed by atoms with van der Waals surface area (Å²) in [7, 11) is 0. The highest BCUT2D eigenvalue weighted by atomic mass is 32.2. The van der Waals surface area contributed by atoms with Crippen molar-refractivity contribution in [3.63, 3.8) is 0 Å².